The highest BCUT2D eigenvalue weighted by molar-refractivity contribution is 7.99. The number of amides is 1. The first kappa shape index (κ1) is 34.5. The Hall–Kier alpha value is -3.79. The van der Waals surface area contributed by atoms with Crippen molar-refractivity contribution in [2.45, 2.75) is 21.6 Å². The maximum atomic E-state index is 12.4. The predicted octanol–water partition coefficient (Wildman–Crippen LogP) is 6.41. The third-order valence-corrected chi connectivity index (χ3v) is 8.81. The SMILES string of the molecule is COCCOC(=O)c1c(Cl)ccc2[nH]c(SC)nc12.COCCOC(=O)c1c(Cl)ccc2[nH]c(Sc3ccc4c(c3)CC(=O)N4)nc12. The van der Waals surface area contributed by atoms with E-state index in [0.717, 1.165) is 26.8 Å². The molecule has 47 heavy (non-hydrogen) atoms. The van der Waals surface area contributed by atoms with Gasteiger partial charge in [-0.1, -0.05) is 46.7 Å². The number of nitrogens with one attached hydrogen (secondary N) is 3. The first-order chi connectivity index (χ1) is 22.7. The van der Waals surface area contributed by atoms with Gasteiger partial charge in [0, 0.05) is 24.8 Å². The number of methoxy groups -OCH3 is 2. The number of aromatic nitrogens is 4. The van der Waals surface area contributed by atoms with Gasteiger partial charge in [-0.3, -0.25) is 4.79 Å². The standard InChI is InChI=1S/C19H16ClN3O4S.C12H13ClN2O3S/c1-26-6-7-27-18(25)16-12(20)3-5-14-17(16)23-19(22-14)28-11-2-4-13-10(8-11)9-15(24)21-13;1-17-5-6-18-11(16)9-7(13)3-4-8-10(9)15-12(14-8)19-2/h2-5,8H,6-7,9H2,1H3,(H,21,24)(H,22,23);3-4H,5-6H2,1-2H3,(H,14,15). The summed E-state index contributed by atoms with van der Waals surface area (Å²) >= 11 is 15.2. The summed E-state index contributed by atoms with van der Waals surface area (Å²) in [4.78, 5) is 52.0. The lowest BCUT2D eigenvalue weighted by Gasteiger charge is -2.06. The summed E-state index contributed by atoms with van der Waals surface area (Å²) in [5.74, 6) is -1.04. The normalized spacial score (nSPS) is 12.1. The number of thioether (sulfide) groups is 1. The number of anilines is 1. The number of carbonyl (C=O) groups excluding carboxylic acids is 3. The second kappa shape index (κ2) is 15.9. The first-order valence-corrected chi connectivity index (χ1v) is 16.8. The molecule has 12 nitrogen and oxygen atoms in total. The fraction of sp³-hybridized carbons (Fsp3) is 0.258. The molecule has 0 saturated carbocycles. The Balaban J connectivity index is 0.000000199. The van der Waals surface area contributed by atoms with Crippen LogP contribution in [0.2, 0.25) is 10.0 Å². The number of H-pyrrole nitrogens is 2. The number of hydrogen-bond acceptors (Lipinski definition) is 11. The van der Waals surface area contributed by atoms with Crippen LogP contribution >= 0.6 is 46.7 Å². The second-order valence-electron chi connectivity index (χ2n) is 9.83. The molecular weight excluding hydrogens is 689 g/mol. The van der Waals surface area contributed by atoms with Crippen molar-refractivity contribution < 1.29 is 33.3 Å². The number of hydrogen-bond donors (Lipinski definition) is 3. The Bertz CT molecular complexity index is 1950. The summed E-state index contributed by atoms with van der Waals surface area (Å²) in [6, 6.07) is 12.6. The Labute approximate surface area is 287 Å². The molecule has 0 atom stereocenters. The van der Waals surface area contributed by atoms with E-state index in [-0.39, 0.29) is 35.3 Å². The van der Waals surface area contributed by atoms with Gasteiger partial charge in [0.1, 0.15) is 35.4 Å². The molecule has 1 aliphatic rings. The molecule has 0 bridgehead atoms. The average Bonchev–Trinajstić information content (AvgIpc) is 3.76. The maximum absolute atomic E-state index is 12.4. The Morgan fingerprint density at radius 3 is 1.91 bits per heavy atom. The van der Waals surface area contributed by atoms with Gasteiger partial charge < -0.3 is 34.2 Å². The van der Waals surface area contributed by atoms with Gasteiger partial charge >= 0.3 is 11.9 Å². The van der Waals surface area contributed by atoms with Crippen LogP contribution < -0.4 is 5.32 Å². The van der Waals surface area contributed by atoms with Crippen LogP contribution in [0.25, 0.3) is 22.1 Å². The predicted molar refractivity (Wildman–Crippen MR) is 181 cm³/mol. The van der Waals surface area contributed by atoms with E-state index in [4.69, 9.17) is 42.1 Å². The monoisotopic (exact) mass is 717 g/mol. The van der Waals surface area contributed by atoms with Crippen molar-refractivity contribution in [1.82, 2.24) is 19.9 Å². The van der Waals surface area contributed by atoms with E-state index < -0.39 is 11.9 Å². The zero-order chi connectivity index (χ0) is 33.5. The van der Waals surface area contributed by atoms with E-state index in [1.165, 1.54) is 30.6 Å². The number of benzene rings is 3. The highest BCUT2D eigenvalue weighted by Gasteiger charge is 2.22. The number of imidazole rings is 2. The lowest BCUT2D eigenvalue weighted by Crippen LogP contribution is -2.11. The van der Waals surface area contributed by atoms with Gasteiger partial charge in [0.05, 0.1) is 40.7 Å². The molecule has 0 unspecified atom stereocenters. The van der Waals surface area contributed by atoms with Crippen molar-refractivity contribution >= 4 is 92.3 Å². The Morgan fingerprint density at radius 1 is 0.809 bits per heavy atom. The van der Waals surface area contributed by atoms with Crippen molar-refractivity contribution in [3.8, 4) is 0 Å². The zero-order valence-corrected chi connectivity index (χ0v) is 28.5. The molecule has 0 saturated heterocycles. The van der Waals surface area contributed by atoms with Gasteiger partial charge in [0.25, 0.3) is 0 Å². The van der Waals surface area contributed by atoms with Gasteiger partial charge in [-0.15, -0.1) is 0 Å². The zero-order valence-electron chi connectivity index (χ0n) is 25.4. The molecule has 1 aliphatic heterocycles. The molecule has 0 fully saturated rings. The number of nitrogens with zero attached hydrogens (tertiary/aromatic N) is 2. The van der Waals surface area contributed by atoms with Crippen LogP contribution in [0, 0.1) is 0 Å². The minimum atomic E-state index is -0.544. The minimum Gasteiger partial charge on any atom is -0.460 e. The van der Waals surface area contributed by atoms with Crippen molar-refractivity contribution in [1.29, 1.82) is 0 Å². The van der Waals surface area contributed by atoms with Crippen molar-refractivity contribution in [3.63, 3.8) is 0 Å². The number of esters is 2. The lowest BCUT2D eigenvalue weighted by molar-refractivity contribution is -0.115. The average molecular weight is 719 g/mol. The topological polar surface area (TPSA) is 158 Å². The number of halogens is 2. The molecule has 3 N–H and O–H groups in total. The maximum Gasteiger partial charge on any atom is 0.342 e. The molecule has 16 heteroatoms. The summed E-state index contributed by atoms with van der Waals surface area (Å²) in [6.45, 7) is 0.963. The number of ether oxygens (including phenoxy) is 4. The van der Waals surface area contributed by atoms with Crippen LogP contribution in [0.3, 0.4) is 0 Å². The van der Waals surface area contributed by atoms with Crippen LogP contribution in [0.5, 0.6) is 0 Å². The van der Waals surface area contributed by atoms with E-state index in [0.29, 0.717) is 46.4 Å². The summed E-state index contributed by atoms with van der Waals surface area (Å²) < 4.78 is 20.0. The Kier molecular flexibility index (Phi) is 11.7. The number of fused-ring (bicyclic) bond motifs is 3. The highest BCUT2D eigenvalue weighted by Crippen LogP contribution is 2.34. The summed E-state index contributed by atoms with van der Waals surface area (Å²) in [5.41, 5.74) is 4.73. The number of aromatic amines is 2. The molecular formula is C31H29Cl2N5O7S2. The molecule has 5 aromatic rings. The van der Waals surface area contributed by atoms with Gasteiger partial charge in [0.15, 0.2) is 10.3 Å². The lowest BCUT2D eigenvalue weighted by atomic mass is 10.2. The molecule has 3 heterocycles. The van der Waals surface area contributed by atoms with Crippen LogP contribution in [0.4, 0.5) is 5.69 Å². The molecule has 3 aromatic carbocycles. The third-order valence-electron chi connectivity index (χ3n) is 6.72. The molecule has 0 radical (unpaired) electrons. The second-order valence-corrected chi connectivity index (χ2v) is 12.5. The molecule has 0 aliphatic carbocycles. The van der Waals surface area contributed by atoms with Gasteiger partial charge in [-0.05, 0) is 54.3 Å². The van der Waals surface area contributed by atoms with Crippen molar-refractivity contribution in [2.24, 2.45) is 0 Å². The van der Waals surface area contributed by atoms with Gasteiger partial charge in [-0.2, -0.15) is 0 Å². The van der Waals surface area contributed by atoms with E-state index in [2.05, 4.69) is 25.3 Å². The van der Waals surface area contributed by atoms with Gasteiger partial charge in [-0.25, -0.2) is 19.6 Å². The summed E-state index contributed by atoms with van der Waals surface area (Å²) in [5, 5.41) is 4.75. The van der Waals surface area contributed by atoms with Gasteiger partial charge in [0.2, 0.25) is 5.91 Å². The molecule has 1 amide bonds. The van der Waals surface area contributed by atoms with E-state index in [1.54, 1.807) is 31.4 Å². The fourth-order valence-corrected chi connectivity index (χ4v) is 6.26. The van der Waals surface area contributed by atoms with Crippen LogP contribution in [-0.4, -0.2) is 84.7 Å². The summed E-state index contributed by atoms with van der Waals surface area (Å²) in [7, 11) is 3.07. The fourth-order valence-electron chi connectivity index (χ4n) is 4.55. The van der Waals surface area contributed by atoms with Crippen LogP contribution in [0.15, 0.2) is 57.7 Å². The Morgan fingerprint density at radius 2 is 1.36 bits per heavy atom. The first-order valence-electron chi connectivity index (χ1n) is 14.1. The van der Waals surface area contributed by atoms with Crippen molar-refractivity contribution in [2.75, 3.05) is 52.2 Å². The number of rotatable bonds is 11. The smallest absolute Gasteiger partial charge is 0.342 e. The van der Waals surface area contributed by atoms with Crippen molar-refractivity contribution in [3.05, 3.63) is 69.2 Å². The third kappa shape index (κ3) is 8.20. The molecule has 2 aromatic heterocycles. The largest absolute Gasteiger partial charge is 0.460 e. The molecule has 6 rings (SSSR count). The van der Waals surface area contributed by atoms with Crippen LogP contribution in [0.1, 0.15) is 26.3 Å². The van der Waals surface area contributed by atoms with Crippen LogP contribution in [-0.2, 0) is 30.2 Å². The van der Waals surface area contributed by atoms with E-state index in [9.17, 15) is 14.4 Å². The quantitative estimate of drug-likeness (QED) is 0.0788. The minimum absolute atomic E-state index is 0.00726. The highest BCUT2D eigenvalue weighted by atomic mass is 35.5. The van der Waals surface area contributed by atoms with E-state index in [1.807, 2.05) is 24.5 Å². The number of carbonyl (C=O) groups is 3. The molecule has 246 valence electrons. The van der Waals surface area contributed by atoms with E-state index >= 15 is 0 Å². The summed E-state index contributed by atoms with van der Waals surface area (Å²) in [6.07, 6.45) is 2.27. The molecule has 0 spiro atoms.